The Kier molecular flexibility index (Phi) is 6.20. The number of sulfonamides is 1. The van der Waals surface area contributed by atoms with E-state index in [1.54, 1.807) is 12.1 Å². The Labute approximate surface area is 203 Å². The lowest BCUT2D eigenvalue weighted by molar-refractivity contribution is 0.0716. The second-order valence-corrected chi connectivity index (χ2v) is 11.0. The van der Waals surface area contributed by atoms with Gasteiger partial charge in [-0.2, -0.15) is 4.31 Å². The number of benzene rings is 2. The summed E-state index contributed by atoms with van der Waals surface area (Å²) in [5, 5.41) is 10.3. The maximum atomic E-state index is 13.1. The van der Waals surface area contributed by atoms with E-state index in [2.05, 4.69) is 29.4 Å². The number of hydrogen-bond acceptors (Lipinski definition) is 8. The molecule has 0 aliphatic carbocycles. The number of carbonyl (C=O) groups excluding carboxylic acids is 1. The molecule has 5 rings (SSSR count). The molecule has 11 heteroatoms. The summed E-state index contributed by atoms with van der Waals surface area (Å²) in [6, 6.07) is 13.0. The van der Waals surface area contributed by atoms with Gasteiger partial charge in [0.05, 0.1) is 4.90 Å². The summed E-state index contributed by atoms with van der Waals surface area (Å²) in [6.45, 7) is 5.30. The standard InChI is InChI=1S/C24H26N4O6S/c1-15-11-16(2)13-28(12-15)35(30,31)18-9-7-17(8-10-18)22(29)25-24-27-26-23(34-24)21-14-32-19-5-3-4-6-20(19)33-21/h3-10,15-16,21H,11-14H2,1-2H3,(H,25,27,29). The van der Waals surface area contributed by atoms with E-state index in [1.807, 2.05) is 12.1 Å². The second-order valence-electron chi connectivity index (χ2n) is 9.06. The number of nitrogens with zero attached hydrogens (tertiary/aromatic N) is 3. The molecule has 3 aromatic rings. The number of amides is 1. The highest BCUT2D eigenvalue weighted by Gasteiger charge is 2.32. The van der Waals surface area contributed by atoms with Crippen molar-refractivity contribution in [3.8, 4) is 11.5 Å². The Morgan fingerprint density at radius 1 is 1.00 bits per heavy atom. The molecule has 0 saturated carbocycles. The fraction of sp³-hybridized carbons (Fsp3) is 0.375. The van der Waals surface area contributed by atoms with Crippen LogP contribution in [0.15, 0.2) is 57.8 Å². The molecule has 1 fully saturated rings. The van der Waals surface area contributed by atoms with Gasteiger partial charge in [-0.25, -0.2) is 8.42 Å². The molecular weight excluding hydrogens is 472 g/mol. The van der Waals surface area contributed by atoms with Crippen molar-refractivity contribution in [2.24, 2.45) is 11.8 Å². The lowest BCUT2D eigenvalue weighted by atomic mass is 9.94. The highest BCUT2D eigenvalue weighted by molar-refractivity contribution is 7.89. The van der Waals surface area contributed by atoms with Crippen LogP contribution >= 0.6 is 0 Å². The van der Waals surface area contributed by atoms with Crippen LogP contribution in [0, 0.1) is 11.8 Å². The van der Waals surface area contributed by atoms with Crippen LogP contribution in [0.3, 0.4) is 0 Å². The zero-order valence-corrected chi connectivity index (χ0v) is 20.2. The molecule has 3 unspecified atom stereocenters. The van der Waals surface area contributed by atoms with Gasteiger partial charge in [-0.1, -0.05) is 31.1 Å². The fourth-order valence-electron chi connectivity index (χ4n) is 4.46. The van der Waals surface area contributed by atoms with Gasteiger partial charge in [0.15, 0.2) is 11.5 Å². The van der Waals surface area contributed by atoms with Crippen LogP contribution in [0.25, 0.3) is 0 Å². The molecule has 0 bridgehead atoms. The average Bonchev–Trinajstić information content (AvgIpc) is 3.31. The van der Waals surface area contributed by atoms with Crippen LogP contribution < -0.4 is 14.8 Å². The molecule has 2 aromatic carbocycles. The molecule has 3 atom stereocenters. The van der Waals surface area contributed by atoms with Crippen molar-refractivity contribution in [2.75, 3.05) is 25.0 Å². The number of anilines is 1. The Bertz CT molecular complexity index is 1310. The first-order chi connectivity index (χ1) is 16.8. The summed E-state index contributed by atoms with van der Waals surface area (Å²) in [6.07, 6.45) is 0.406. The highest BCUT2D eigenvalue weighted by Crippen LogP contribution is 2.35. The summed E-state index contributed by atoms with van der Waals surface area (Å²) >= 11 is 0. The van der Waals surface area contributed by atoms with Crippen LogP contribution in [0.5, 0.6) is 11.5 Å². The highest BCUT2D eigenvalue weighted by atomic mass is 32.2. The molecule has 0 radical (unpaired) electrons. The van der Waals surface area contributed by atoms with Crippen molar-refractivity contribution in [2.45, 2.75) is 31.3 Å². The zero-order chi connectivity index (χ0) is 24.6. The second kappa shape index (κ2) is 9.31. The molecule has 0 spiro atoms. The molecule has 2 aliphatic rings. The number of aromatic nitrogens is 2. The van der Waals surface area contributed by atoms with E-state index in [0.29, 0.717) is 36.4 Å². The lowest BCUT2D eigenvalue weighted by Crippen LogP contribution is -2.42. The smallest absolute Gasteiger partial charge is 0.322 e. The van der Waals surface area contributed by atoms with Gasteiger partial charge in [0.1, 0.15) is 6.61 Å². The zero-order valence-electron chi connectivity index (χ0n) is 19.4. The predicted octanol–water partition coefficient (Wildman–Crippen LogP) is 3.50. The van der Waals surface area contributed by atoms with Crippen molar-refractivity contribution in [3.05, 3.63) is 60.0 Å². The maximum Gasteiger partial charge on any atom is 0.322 e. The van der Waals surface area contributed by atoms with Crippen molar-refractivity contribution in [1.29, 1.82) is 0 Å². The number of carbonyl (C=O) groups is 1. The lowest BCUT2D eigenvalue weighted by Gasteiger charge is -2.34. The van der Waals surface area contributed by atoms with Gasteiger partial charge in [-0.3, -0.25) is 10.1 Å². The number of para-hydroxylation sites is 2. The van der Waals surface area contributed by atoms with Crippen molar-refractivity contribution < 1.29 is 27.1 Å². The number of rotatable bonds is 5. The van der Waals surface area contributed by atoms with Gasteiger partial charge in [0.25, 0.3) is 11.8 Å². The molecule has 1 N–H and O–H groups in total. The van der Waals surface area contributed by atoms with E-state index in [9.17, 15) is 13.2 Å². The van der Waals surface area contributed by atoms with Gasteiger partial charge in [0, 0.05) is 18.7 Å². The third kappa shape index (κ3) is 4.87. The molecule has 35 heavy (non-hydrogen) atoms. The van der Waals surface area contributed by atoms with Crippen LogP contribution in [0.2, 0.25) is 0 Å². The molecule has 10 nitrogen and oxygen atoms in total. The van der Waals surface area contributed by atoms with Crippen LogP contribution in [0.1, 0.15) is 42.6 Å². The first-order valence-electron chi connectivity index (χ1n) is 11.4. The van der Waals surface area contributed by atoms with E-state index in [0.717, 1.165) is 6.42 Å². The number of piperidine rings is 1. The van der Waals surface area contributed by atoms with Crippen LogP contribution in [-0.2, 0) is 10.0 Å². The Hall–Kier alpha value is -3.44. The molecule has 1 saturated heterocycles. The van der Waals surface area contributed by atoms with Crippen LogP contribution in [-0.4, -0.2) is 48.5 Å². The number of ether oxygens (including phenoxy) is 2. The topological polar surface area (TPSA) is 124 Å². The molecule has 3 heterocycles. The largest absolute Gasteiger partial charge is 0.485 e. The SMILES string of the molecule is CC1CC(C)CN(S(=O)(=O)c2ccc(C(=O)Nc3nnc(C4COc5ccccc5O4)o3)cc2)C1. The Morgan fingerprint density at radius 2 is 1.69 bits per heavy atom. The summed E-state index contributed by atoms with van der Waals surface area (Å²) < 4.78 is 44.7. The Balaban J connectivity index is 1.24. The van der Waals surface area contributed by atoms with Crippen LogP contribution in [0.4, 0.5) is 6.01 Å². The van der Waals surface area contributed by atoms with Gasteiger partial charge < -0.3 is 13.9 Å². The third-order valence-electron chi connectivity index (χ3n) is 6.03. The normalized spacial score (nSPS) is 22.5. The van der Waals surface area contributed by atoms with E-state index in [1.165, 1.54) is 28.6 Å². The average molecular weight is 499 g/mol. The molecule has 1 amide bonds. The number of nitrogens with one attached hydrogen (secondary N) is 1. The Morgan fingerprint density at radius 3 is 2.40 bits per heavy atom. The van der Waals surface area contributed by atoms with Crippen molar-refractivity contribution in [1.82, 2.24) is 14.5 Å². The van der Waals surface area contributed by atoms with Gasteiger partial charge >= 0.3 is 6.01 Å². The first-order valence-corrected chi connectivity index (χ1v) is 12.9. The number of hydrogen-bond donors (Lipinski definition) is 1. The summed E-state index contributed by atoms with van der Waals surface area (Å²) in [5.41, 5.74) is 0.259. The minimum atomic E-state index is -3.62. The van der Waals surface area contributed by atoms with Gasteiger partial charge in [0.2, 0.25) is 16.1 Å². The fourth-order valence-corrected chi connectivity index (χ4v) is 6.13. The van der Waals surface area contributed by atoms with Gasteiger partial charge in [-0.05, 0) is 54.7 Å². The van der Waals surface area contributed by atoms with E-state index in [4.69, 9.17) is 13.9 Å². The van der Waals surface area contributed by atoms with E-state index < -0.39 is 22.0 Å². The van der Waals surface area contributed by atoms with E-state index >= 15 is 0 Å². The first kappa shape index (κ1) is 23.3. The molecule has 1 aromatic heterocycles. The van der Waals surface area contributed by atoms with E-state index in [-0.39, 0.29) is 29.0 Å². The summed E-state index contributed by atoms with van der Waals surface area (Å²) in [7, 11) is -3.62. The molecule has 2 aliphatic heterocycles. The quantitative estimate of drug-likeness (QED) is 0.567. The van der Waals surface area contributed by atoms with Crippen molar-refractivity contribution >= 4 is 21.9 Å². The summed E-state index contributed by atoms with van der Waals surface area (Å²) in [5.74, 6) is 1.47. The minimum Gasteiger partial charge on any atom is -0.485 e. The molecular formula is C24H26N4O6S. The summed E-state index contributed by atoms with van der Waals surface area (Å²) in [4.78, 5) is 12.8. The number of fused-ring (bicyclic) bond motifs is 1. The third-order valence-corrected chi connectivity index (χ3v) is 7.88. The van der Waals surface area contributed by atoms with Crippen molar-refractivity contribution in [3.63, 3.8) is 0 Å². The van der Waals surface area contributed by atoms with Gasteiger partial charge in [-0.15, -0.1) is 5.10 Å². The minimum absolute atomic E-state index is 0.0968. The monoisotopic (exact) mass is 498 g/mol. The predicted molar refractivity (Wildman–Crippen MR) is 126 cm³/mol. The maximum absolute atomic E-state index is 13.1. The molecule has 184 valence electrons.